The first-order chi connectivity index (χ1) is 12.9. The maximum absolute atomic E-state index is 12.8. The highest BCUT2D eigenvalue weighted by molar-refractivity contribution is 7.92. The van der Waals surface area contributed by atoms with Gasteiger partial charge in [-0.05, 0) is 30.2 Å². The average Bonchev–Trinajstić information content (AvgIpc) is 2.86. The molecule has 0 radical (unpaired) electrons. The number of ether oxygens (including phenoxy) is 2. The van der Waals surface area contributed by atoms with Crippen molar-refractivity contribution < 1.29 is 22.7 Å². The van der Waals surface area contributed by atoms with Crippen molar-refractivity contribution in [1.82, 2.24) is 0 Å². The number of benzene rings is 2. The molecule has 2 aliphatic rings. The van der Waals surface area contributed by atoms with Gasteiger partial charge in [-0.25, -0.2) is 8.42 Å². The van der Waals surface area contributed by atoms with Crippen LogP contribution in [0.25, 0.3) is 0 Å². The third-order valence-electron chi connectivity index (χ3n) is 4.36. The highest BCUT2D eigenvalue weighted by Crippen LogP contribution is 2.38. The molecule has 4 rings (SSSR count). The monoisotopic (exact) mass is 408 g/mol. The topological polar surface area (TPSA) is 93.7 Å². The zero-order chi connectivity index (χ0) is 19.0. The second-order valence-electron chi connectivity index (χ2n) is 6.30. The fraction of sp³-hybridized carbons (Fsp3) is 0.278. The maximum atomic E-state index is 12.8. The van der Waals surface area contributed by atoms with Crippen molar-refractivity contribution >= 4 is 38.9 Å². The SMILES string of the molecule is O=C1CCc2cc(S(=O)(=O)Nc3cc4c(cc3Cl)OCCCO4)ccc2N1. The number of carbonyl (C=O) groups excluding carboxylic acids is 1. The van der Waals surface area contributed by atoms with Crippen LogP contribution in [0.5, 0.6) is 11.5 Å². The van der Waals surface area contributed by atoms with E-state index >= 15 is 0 Å². The Morgan fingerprint density at radius 3 is 2.56 bits per heavy atom. The zero-order valence-corrected chi connectivity index (χ0v) is 15.8. The normalized spacial score (nSPS) is 16.1. The summed E-state index contributed by atoms with van der Waals surface area (Å²) >= 11 is 6.23. The largest absolute Gasteiger partial charge is 0.490 e. The smallest absolute Gasteiger partial charge is 0.261 e. The van der Waals surface area contributed by atoms with Gasteiger partial charge in [0.2, 0.25) is 5.91 Å². The van der Waals surface area contributed by atoms with Gasteiger partial charge in [-0.15, -0.1) is 0 Å². The van der Waals surface area contributed by atoms with E-state index in [-0.39, 0.29) is 21.5 Å². The Balaban J connectivity index is 1.64. The molecule has 9 heteroatoms. The molecule has 0 aliphatic carbocycles. The molecule has 0 atom stereocenters. The van der Waals surface area contributed by atoms with E-state index in [0.29, 0.717) is 43.2 Å². The molecule has 27 heavy (non-hydrogen) atoms. The first kappa shape index (κ1) is 17.9. The first-order valence-corrected chi connectivity index (χ1v) is 10.3. The standard InChI is InChI=1S/C18H17ClN2O5S/c19-13-9-16-17(26-7-1-6-25-16)10-15(13)21-27(23,24)12-3-4-14-11(8-12)2-5-18(22)20-14/h3-4,8-10,21H,1-2,5-7H2,(H,20,22). The second-order valence-corrected chi connectivity index (χ2v) is 8.39. The third kappa shape index (κ3) is 3.68. The molecule has 2 N–H and O–H groups in total. The second kappa shape index (κ2) is 6.94. The molecule has 0 fully saturated rings. The lowest BCUT2D eigenvalue weighted by molar-refractivity contribution is -0.116. The van der Waals surface area contributed by atoms with Crippen molar-refractivity contribution in [2.24, 2.45) is 0 Å². The minimum atomic E-state index is -3.86. The van der Waals surface area contributed by atoms with Gasteiger partial charge in [-0.2, -0.15) is 0 Å². The van der Waals surface area contributed by atoms with E-state index in [1.165, 1.54) is 12.1 Å². The number of rotatable bonds is 3. The predicted octanol–water partition coefficient (Wildman–Crippen LogP) is 3.19. The molecule has 7 nitrogen and oxygen atoms in total. The van der Waals surface area contributed by atoms with Crippen molar-refractivity contribution in [3.05, 3.63) is 40.9 Å². The van der Waals surface area contributed by atoms with Gasteiger partial charge in [0.05, 0.1) is 28.8 Å². The summed E-state index contributed by atoms with van der Waals surface area (Å²) < 4.78 is 39.3. The molecule has 0 bridgehead atoms. The van der Waals surface area contributed by atoms with Gasteiger partial charge in [0.15, 0.2) is 11.5 Å². The molecule has 2 aromatic rings. The molecule has 0 aromatic heterocycles. The molecule has 1 amide bonds. The molecule has 0 spiro atoms. The number of sulfonamides is 1. The average molecular weight is 409 g/mol. The zero-order valence-electron chi connectivity index (χ0n) is 14.2. The summed E-state index contributed by atoms with van der Waals surface area (Å²) in [7, 11) is -3.86. The molecule has 2 aliphatic heterocycles. The highest BCUT2D eigenvalue weighted by Gasteiger charge is 2.22. The number of fused-ring (bicyclic) bond motifs is 2. The number of hydrogen-bond acceptors (Lipinski definition) is 5. The number of anilines is 2. The van der Waals surface area contributed by atoms with Crippen molar-refractivity contribution in [1.29, 1.82) is 0 Å². The maximum Gasteiger partial charge on any atom is 0.261 e. The Morgan fingerprint density at radius 2 is 1.78 bits per heavy atom. The van der Waals surface area contributed by atoms with Gasteiger partial charge in [0.25, 0.3) is 10.0 Å². The quantitative estimate of drug-likeness (QED) is 0.813. The van der Waals surface area contributed by atoms with Crippen LogP contribution < -0.4 is 19.5 Å². The van der Waals surface area contributed by atoms with Gasteiger partial charge in [-0.3, -0.25) is 9.52 Å². The van der Waals surface area contributed by atoms with E-state index in [0.717, 1.165) is 12.0 Å². The van der Waals surface area contributed by atoms with E-state index in [9.17, 15) is 13.2 Å². The van der Waals surface area contributed by atoms with Gasteiger partial charge < -0.3 is 14.8 Å². The summed E-state index contributed by atoms with van der Waals surface area (Å²) in [6.07, 6.45) is 1.56. The van der Waals surface area contributed by atoms with Gasteiger partial charge >= 0.3 is 0 Å². The van der Waals surface area contributed by atoms with Crippen LogP contribution in [0.4, 0.5) is 11.4 Å². The number of aryl methyl sites for hydroxylation is 1. The van der Waals surface area contributed by atoms with Gasteiger partial charge in [-0.1, -0.05) is 11.6 Å². The summed E-state index contributed by atoms with van der Waals surface area (Å²) in [6, 6.07) is 7.68. The molecule has 0 unspecified atom stereocenters. The van der Waals surface area contributed by atoms with Crippen LogP contribution in [0, 0.1) is 0 Å². The fourth-order valence-corrected chi connectivity index (χ4v) is 4.37. The number of nitrogens with one attached hydrogen (secondary N) is 2. The molecular weight excluding hydrogens is 392 g/mol. The summed E-state index contributed by atoms with van der Waals surface area (Å²) in [5.41, 5.74) is 1.63. The van der Waals surface area contributed by atoms with Gasteiger partial charge in [0.1, 0.15) is 0 Å². The molecule has 142 valence electrons. The van der Waals surface area contributed by atoms with E-state index in [2.05, 4.69) is 10.0 Å². The summed E-state index contributed by atoms with van der Waals surface area (Å²) in [5.74, 6) is 0.864. The third-order valence-corrected chi connectivity index (χ3v) is 6.04. The van der Waals surface area contributed by atoms with Crippen molar-refractivity contribution in [2.45, 2.75) is 24.2 Å². The number of hydrogen-bond donors (Lipinski definition) is 2. The lowest BCUT2D eigenvalue weighted by Gasteiger charge is -2.18. The molecule has 2 aromatic carbocycles. The molecular formula is C18H17ClN2O5S. The summed E-state index contributed by atoms with van der Waals surface area (Å²) in [4.78, 5) is 11.5. The number of halogens is 1. The lowest BCUT2D eigenvalue weighted by Crippen LogP contribution is -2.20. The van der Waals surface area contributed by atoms with Crippen LogP contribution in [-0.2, 0) is 21.2 Å². The minimum absolute atomic E-state index is 0.0739. The number of amides is 1. The van der Waals surface area contributed by atoms with Crippen LogP contribution in [0.2, 0.25) is 5.02 Å². The Kier molecular flexibility index (Phi) is 4.61. The van der Waals surface area contributed by atoms with Crippen molar-refractivity contribution in [3.63, 3.8) is 0 Å². The molecule has 0 saturated heterocycles. The van der Waals surface area contributed by atoms with E-state index in [1.54, 1.807) is 18.2 Å². The van der Waals surface area contributed by atoms with Crippen molar-refractivity contribution in [2.75, 3.05) is 23.3 Å². The first-order valence-electron chi connectivity index (χ1n) is 8.47. The Labute approximate surface area is 161 Å². The van der Waals surface area contributed by atoms with E-state index in [4.69, 9.17) is 21.1 Å². The van der Waals surface area contributed by atoms with Crippen LogP contribution in [-0.4, -0.2) is 27.5 Å². The van der Waals surface area contributed by atoms with Crippen molar-refractivity contribution in [3.8, 4) is 11.5 Å². The Hall–Kier alpha value is -2.45. The van der Waals surface area contributed by atoms with Crippen LogP contribution >= 0.6 is 11.6 Å². The van der Waals surface area contributed by atoms with Crippen LogP contribution in [0.15, 0.2) is 35.2 Å². The lowest BCUT2D eigenvalue weighted by atomic mass is 10.0. The predicted molar refractivity (Wildman–Crippen MR) is 101 cm³/mol. The molecule has 2 heterocycles. The van der Waals surface area contributed by atoms with E-state index < -0.39 is 10.0 Å². The van der Waals surface area contributed by atoms with Crippen LogP contribution in [0.1, 0.15) is 18.4 Å². The van der Waals surface area contributed by atoms with E-state index in [1.807, 2.05) is 0 Å². The van der Waals surface area contributed by atoms with Crippen LogP contribution in [0.3, 0.4) is 0 Å². The summed E-state index contributed by atoms with van der Waals surface area (Å²) in [5, 5.41) is 2.95. The Bertz CT molecular complexity index is 1020. The van der Waals surface area contributed by atoms with Gasteiger partial charge in [0, 0.05) is 30.7 Å². The minimum Gasteiger partial charge on any atom is -0.490 e. The Morgan fingerprint density at radius 1 is 1.04 bits per heavy atom. The fourth-order valence-electron chi connectivity index (χ4n) is 2.99. The summed E-state index contributed by atoms with van der Waals surface area (Å²) in [6.45, 7) is 0.997. The molecule has 0 saturated carbocycles. The number of carbonyl (C=O) groups is 1. The highest BCUT2D eigenvalue weighted by atomic mass is 35.5.